The standard InChI is InChI=1S/C60H40N2S.C54H36N2S/c1-4-15-41(16-5-1)46-37-47(42-17-6-2-7-18-42)39-48(38-46)44-29-34-51(35-30-44)61(58-25-14-23-54-53-22-11-13-26-59(53)63-60(54)58)50-32-27-43(28-33-50)45-31-36-57-55(40-45)52-21-10-12-24-56(52)62(57)49-19-8-3-9-20-49;1-4-14-37(15-5-1)40-32-41(38-16-6-2-7-17-38)34-42(33-40)39-24-26-44(27-25-39)55(46-29-31-50-49-21-11-13-23-53(49)57-54(50)36-46)45-28-30-48-47-20-10-12-22-51(47)56(52(48)35-45)43-18-8-3-9-19-43/h1-40H;1-36H. The highest BCUT2D eigenvalue weighted by Gasteiger charge is 2.23. The van der Waals surface area contributed by atoms with Gasteiger partial charge in [-0.15, -0.1) is 22.7 Å². The number of nitrogens with zero attached hydrogens (tertiary/aromatic N) is 4. The molecule has 23 aromatic rings. The van der Waals surface area contributed by atoms with Crippen molar-refractivity contribution in [3.63, 3.8) is 0 Å². The van der Waals surface area contributed by atoms with Crippen molar-refractivity contribution < 1.29 is 0 Å². The van der Waals surface area contributed by atoms with E-state index >= 15 is 0 Å². The fraction of sp³-hybridized carbons (Fsp3) is 0. The van der Waals surface area contributed by atoms with Crippen LogP contribution in [-0.4, -0.2) is 9.13 Å². The van der Waals surface area contributed by atoms with Crippen LogP contribution in [0.5, 0.6) is 0 Å². The Morgan fingerprint density at radius 2 is 0.475 bits per heavy atom. The van der Waals surface area contributed by atoms with Gasteiger partial charge in [0.15, 0.2) is 0 Å². The third-order valence-electron chi connectivity index (χ3n) is 23.5. The summed E-state index contributed by atoms with van der Waals surface area (Å²) >= 11 is 3.72. The maximum Gasteiger partial charge on any atom is 0.0640 e. The molecule has 23 rings (SSSR count). The second-order valence-corrected chi connectivity index (χ2v) is 32.8. The molecular weight excluding hydrogens is 1490 g/mol. The zero-order valence-corrected chi connectivity index (χ0v) is 67.1. The first-order chi connectivity index (χ1) is 59.5. The minimum atomic E-state index is 1.10. The lowest BCUT2D eigenvalue weighted by molar-refractivity contribution is 1.18. The van der Waals surface area contributed by atoms with E-state index in [4.69, 9.17) is 0 Å². The summed E-state index contributed by atoms with van der Waals surface area (Å²) < 4.78 is 9.92. The van der Waals surface area contributed by atoms with Gasteiger partial charge in [-0.3, -0.25) is 0 Å². The maximum atomic E-state index is 2.43. The Morgan fingerprint density at radius 1 is 0.158 bits per heavy atom. The Morgan fingerprint density at radius 3 is 0.958 bits per heavy atom. The minimum Gasteiger partial charge on any atom is -0.310 e. The van der Waals surface area contributed by atoms with Crippen molar-refractivity contribution >= 4 is 141 Å². The first-order valence-electron chi connectivity index (χ1n) is 40.9. The fourth-order valence-corrected chi connectivity index (χ4v) is 20.1. The molecular formula is C114H76N4S2. The lowest BCUT2D eigenvalue weighted by Gasteiger charge is -2.26. The third kappa shape index (κ3) is 13.2. The molecule has 0 radical (unpaired) electrons. The first-order valence-corrected chi connectivity index (χ1v) is 42.5. The summed E-state index contributed by atoms with van der Waals surface area (Å²) in [6.45, 7) is 0. The van der Waals surface area contributed by atoms with Gasteiger partial charge in [0.25, 0.3) is 0 Å². The van der Waals surface area contributed by atoms with E-state index in [1.807, 2.05) is 22.7 Å². The van der Waals surface area contributed by atoms with Crippen molar-refractivity contribution in [2.45, 2.75) is 0 Å². The predicted molar refractivity (Wildman–Crippen MR) is 515 cm³/mol. The number of aromatic nitrogens is 2. The van der Waals surface area contributed by atoms with Gasteiger partial charge in [0.05, 0.1) is 32.5 Å². The molecule has 4 nitrogen and oxygen atoms in total. The van der Waals surface area contributed by atoms with E-state index in [9.17, 15) is 0 Å². The first kappa shape index (κ1) is 71.4. The number of para-hydroxylation sites is 4. The number of hydrogen-bond donors (Lipinski definition) is 0. The van der Waals surface area contributed by atoms with Crippen molar-refractivity contribution in [3.05, 3.63) is 461 Å². The van der Waals surface area contributed by atoms with Crippen LogP contribution in [0.25, 0.3) is 173 Å². The molecule has 19 aromatic carbocycles. The Hall–Kier alpha value is -15.2. The molecule has 0 atom stereocenters. The average Bonchev–Trinajstić information content (AvgIpc) is 1.64. The molecule has 0 aliphatic heterocycles. The van der Waals surface area contributed by atoms with E-state index in [-0.39, 0.29) is 0 Å². The summed E-state index contributed by atoms with van der Waals surface area (Å²) in [7, 11) is 0. The molecule has 4 heterocycles. The number of benzene rings is 19. The van der Waals surface area contributed by atoms with Crippen molar-refractivity contribution in [3.8, 4) is 89.3 Å². The van der Waals surface area contributed by atoms with Gasteiger partial charge in [-0.25, -0.2) is 0 Å². The van der Waals surface area contributed by atoms with Crippen LogP contribution in [0.1, 0.15) is 0 Å². The molecule has 0 N–H and O–H groups in total. The molecule has 0 unspecified atom stereocenters. The lowest BCUT2D eigenvalue weighted by atomic mass is 9.93. The van der Waals surface area contributed by atoms with Crippen LogP contribution in [0.3, 0.4) is 0 Å². The number of thiophene rings is 2. The van der Waals surface area contributed by atoms with Crippen molar-refractivity contribution in [2.75, 3.05) is 9.80 Å². The third-order valence-corrected chi connectivity index (χ3v) is 25.9. The average molecular weight is 1570 g/mol. The number of anilines is 6. The Labute approximate surface area is 704 Å². The molecule has 0 aliphatic rings. The Balaban J connectivity index is 0.000000145. The summed E-state index contributed by atoms with van der Waals surface area (Å²) in [4.78, 5) is 4.84. The van der Waals surface area contributed by atoms with Crippen LogP contribution in [0, 0.1) is 0 Å². The zero-order valence-electron chi connectivity index (χ0n) is 65.5. The molecule has 0 spiro atoms. The van der Waals surface area contributed by atoms with E-state index in [0.717, 1.165) is 34.1 Å². The van der Waals surface area contributed by atoms with E-state index in [1.165, 1.54) is 173 Å². The molecule has 120 heavy (non-hydrogen) atoms. The van der Waals surface area contributed by atoms with Crippen LogP contribution >= 0.6 is 22.7 Å². The van der Waals surface area contributed by atoms with Crippen LogP contribution in [0.4, 0.5) is 34.1 Å². The molecule has 0 saturated carbocycles. The molecule has 0 aliphatic carbocycles. The van der Waals surface area contributed by atoms with E-state index in [2.05, 4.69) is 480 Å². The molecule has 0 bridgehead atoms. The van der Waals surface area contributed by atoms with Crippen LogP contribution in [0.2, 0.25) is 0 Å². The van der Waals surface area contributed by atoms with E-state index in [1.54, 1.807) is 0 Å². The van der Waals surface area contributed by atoms with Crippen LogP contribution < -0.4 is 9.80 Å². The summed E-state index contributed by atoms with van der Waals surface area (Å²) in [5, 5.41) is 10.2. The number of fused-ring (bicyclic) bond motifs is 12. The molecule has 564 valence electrons. The fourth-order valence-electron chi connectivity index (χ4n) is 17.8. The predicted octanol–water partition coefficient (Wildman–Crippen LogP) is 32.9. The summed E-state index contributed by atoms with van der Waals surface area (Å²) in [5.41, 5.74) is 30.6. The van der Waals surface area contributed by atoms with Crippen LogP contribution in [0.15, 0.2) is 461 Å². The van der Waals surface area contributed by atoms with Crippen LogP contribution in [-0.2, 0) is 0 Å². The quantitative estimate of drug-likeness (QED) is 0.102. The molecule has 6 heteroatoms. The SMILES string of the molecule is c1ccc(-c2cc(-c3ccccc3)cc(-c3ccc(N(c4ccc(-c5ccc6c(c5)c5ccccc5n6-c5ccccc5)cc4)c4cccc5c4sc4ccccc45)cc3)c2)cc1.c1ccc(-c2cc(-c3ccccc3)cc(-c3ccc(N(c4ccc5c(c4)sc4ccccc45)c4ccc5c6ccccc6n(-c6ccccc6)c5c4)cc3)c2)cc1. The van der Waals surface area contributed by atoms with Crippen molar-refractivity contribution in [1.29, 1.82) is 0 Å². The minimum absolute atomic E-state index is 1.10. The highest BCUT2D eigenvalue weighted by Crippen LogP contribution is 2.49. The largest absolute Gasteiger partial charge is 0.310 e. The van der Waals surface area contributed by atoms with Gasteiger partial charge >= 0.3 is 0 Å². The normalized spacial score (nSPS) is 11.5. The van der Waals surface area contributed by atoms with Gasteiger partial charge < -0.3 is 18.9 Å². The monoisotopic (exact) mass is 1560 g/mol. The topological polar surface area (TPSA) is 16.3 Å². The number of rotatable bonds is 15. The maximum absolute atomic E-state index is 2.43. The van der Waals surface area contributed by atoms with E-state index in [0.29, 0.717) is 0 Å². The summed E-state index contributed by atoms with van der Waals surface area (Å²) in [6.07, 6.45) is 0. The summed E-state index contributed by atoms with van der Waals surface area (Å²) in [6, 6.07) is 168. The second-order valence-electron chi connectivity index (χ2n) is 30.7. The van der Waals surface area contributed by atoms with E-state index < -0.39 is 0 Å². The lowest BCUT2D eigenvalue weighted by Crippen LogP contribution is -2.10. The smallest absolute Gasteiger partial charge is 0.0640 e. The molecule has 0 amide bonds. The molecule has 0 saturated heterocycles. The number of hydrogen-bond acceptors (Lipinski definition) is 4. The van der Waals surface area contributed by atoms with Crippen molar-refractivity contribution in [2.24, 2.45) is 0 Å². The van der Waals surface area contributed by atoms with Crippen molar-refractivity contribution in [1.82, 2.24) is 9.13 Å². The highest BCUT2D eigenvalue weighted by atomic mass is 32.1. The highest BCUT2D eigenvalue weighted by molar-refractivity contribution is 7.26. The van der Waals surface area contributed by atoms with Gasteiger partial charge in [-0.05, 0) is 242 Å². The zero-order chi connectivity index (χ0) is 79.4. The van der Waals surface area contributed by atoms with Gasteiger partial charge in [-0.1, -0.05) is 297 Å². The molecule has 0 fully saturated rings. The summed E-state index contributed by atoms with van der Waals surface area (Å²) in [5.74, 6) is 0. The van der Waals surface area contributed by atoms with Gasteiger partial charge in [0.2, 0.25) is 0 Å². The van der Waals surface area contributed by atoms with Gasteiger partial charge in [0.1, 0.15) is 0 Å². The van der Waals surface area contributed by atoms with Gasteiger partial charge in [-0.2, -0.15) is 0 Å². The van der Waals surface area contributed by atoms with Gasteiger partial charge in [0, 0.05) is 97.0 Å². The Bertz CT molecular complexity index is 7610. The Kier molecular flexibility index (Phi) is 18.3. The molecule has 4 aromatic heterocycles. The second kappa shape index (κ2) is 30.8.